The second-order valence-electron chi connectivity index (χ2n) is 4.63. The van der Waals surface area contributed by atoms with Crippen LogP contribution in [0, 0.1) is 0 Å². The monoisotopic (exact) mass is 309 g/mol. The van der Waals surface area contributed by atoms with Gasteiger partial charge in [-0.15, -0.1) is 0 Å². The van der Waals surface area contributed by atoms with Crippen LogP contribution in [-0.4, -0.2) is 57.3 Å². The molecule has 1 aromatic heterocycles. The van der Waals surface area contributed by atoms with Gasteiger partial charge < -0.3 is 20.1 Å². The summed E-state index contributed by atoms with van der Waals surface area (Å²) in [6.45, 7) is 2.19. The number of rotatable bonds is 10. The normalized spacial score (nSPS) is 10.3. The van der Waals surface area contributed by atoms with Crippen molar-refractivity contribution in [2.75, 3.05) is 40.5 Å². The first kappa shape index (κ1) is 18.1. The summed E-state index contributed by atoms with van der Waals surface area (Å²) in [5.41, 5.74) is 0.636. The summed E-state index contributed by atoms with van der Waals surface area (Å²) < 4.78 is 9.82. The summed E-state index contributed by atoms with van der Waals surface area (Å²) in [7, 11) is 3.22. The van der Waals surface area contributed by atoms with Crippen molar-refractivity contribution in [1.82, 2.24) is 15.6 Å². The van der Waals surface area contributed by atoms with E-state index in [2.05, 4.69) is 15.6 Å². The van der Waals surface area contributed by atoms with Gasteiger partial charge in [0, 0.05) is 52.3 Å². The molecule has 0 aliphatic rings. The third kappa shape index (κ3) is 6.64. The highest BCUT2D eigenvalue weighted by molar-refractivity contribution is 5.98. The maximum atomic E-state index is 12.0. The van der Waals surface area contributed by atoms with Gasteiger partial charge in [0.25, 0.3) is 11.8 Å². The SMILES string of the molecule is COCCCNC(=O)c1ccnc(C(=O)NCCCOC)c1. The zero-order valence-electron chi connectivity index (χ0n) is 13.1. The van der Waals surface area contributed by atoms with Crippen LogP contribution in [0.3, 0.4) is 0 Å². The number of methoxy groups -OCH3 is 2. The zero-order chi connectivity index (χ0) is 16.2. The molecule has 7 heteroatoms. The molecule has 0 aromatic carbocycles. The molecule has 0 aliphatic heterocycles. The van der Waals surface area contributed by atoms with Crippen LogP contribution >= 0.6 is 0 Å². The van der Waals surface area contributed by atoms with Crippen LogP contribution in [0.4, 0.5) is 0 Å². The van der Waals surface area contributed by atoms with Gasteiger partial charge in [0.2, 0.25) is 0 Å². The van der Waals surface area contributed by atoms with Crippen molar-refractivity contribution in [1.29, 1.82) is 0 Å². The molecule has 0 bridgehead atoms. The molecule has 22 heavy (non-hydrogen) atoms. The Hall–Kier alpha value is -1.99. The molecule has 0 saturated carbocycles. The van der Waals surface area contributed by atoms with Crippen LogP contribution in [0.5, 0.6) is 0 Å². The van der Waals surface area contributed by atoms with Gasteiger partial charge in [-0.3, -0.25) is 14.6 Å². The number of amides is 2. The first-order valence-electron chi connectivity index (χ1n) is 7.19. The van der Waals surface area contributed by atoms with Crippen molar-refractivity contribution in [3.63, 3.8) is 0 Å². The Balaban J connectivity index is 2.50. The minimum atomic E-state index is -0.301. The van der Waals surface area contributed by atoms with Crippen LogP contribution < -0.4 is 10.6 Å². The Bertz CT molecular complexity index is 440. The van der Waals surface area contributed by atoms with Crippen LogP contribution in [0.1, 0.15) is 33.7 Å². The van der Waals surface area contributed by atoms with E-state index in [-0.39, 0.29) is 17.5 Å². The van der Waals surface area contributed by atoms with E-state index in [4.69, 9.17) is 9.47 Å². The molecule has 0 atom stereocenters. The number of nitrogens with zero attached hydrogens (tertiary/aromatic N) is 1. The predicted molar refractivity (Wildman–Crippen MR) is 81.9 cm³/mol. The van der Waals surface area contributed by atoms with Crippen LogP contribution in [0.25, 0.3) is 0 Å². The van der Waals surface area contributed by atoms with Crippen molar-refractivity contribution >= 4 is 11.8 Å². The van der Waals surface area contributed by atoms with E-state index in [9.17, 15) is 9.59 Å². The number of ether oxygens (including phenoxy) is 2. The second-order valence-corrected chi connectivity index (χ2v) is 4.63. The van der Waals surface area contributed by atoms with Gasteiger partial charge in [-0.25, -0.2) is 0 Å². The summed E-state index contributed by atoms with van der Waals surface area (Å²) in [4.78, 5) is 27.9. The van der Waals surface area contributed by atoms with Gasteiger partial charge in [0.05, 0.1) is 0 Å². The first-order valence-corrected chi connectivity index (χ1v) is 7.19. The lowest BCUT2D eigenvalue weighted by molar-refractivity contribution is 0.0943. The van der Waals surface area contributed by atoms with Crippen molar-refractivity contribution in [3.05, 3.63) is 29.6 Å². The highest BCUT2D eigenvalue weighted by atomic mass is 16.5. The lowest BCUT2D eigenvalue weighted by Gasteiger charge is -2.07. The Morgan fingerprint density at radius 1 is 1.05 bits per heavy atom. The standard InChI is InChI=1S/C15H23N3O4/c1-21-9-3-6-17-14(19)12-5-8-16-13(11-12)15(20)18-7-4-10-22-2/h5,8,11H,3-4,6-7,9-10H2,1-2H3,(H,17,19)(H,18,20). The van der Waals surface area contributed by atoms with Gasteiger partial charge >= 0.3 is 0 Å². The van der Waals surface area contributed by atoms with E-state index in [1.807, 2.05) is 0 Å². The van der Waals surface area contributed by atoms with Gasteiger partial charge in [0.15, 0.2) is 0 Å². The predicted octanol–water partition coefficient (Wildman–Crippen LogP) is 0.614. The lowest BCUT2D eigenvalue weighted by atomic mass is 10.2. The quantitative estimate of drug-likeness (QED) is 0.618. The Morgan fingerprint density at radius 3 is 2.23 bits per heavy atom. The molecule has 0 fully saturated rings. The smallest absolute Gasteiger partial charge is 0.269 e. The third-order valence-electron chi connectivity index (χ3n) is 2.88. The molecule has 7 nitrogen and oxygen atoms in total. The number of pyridine rings is 1. The number of nitrogens with one attached hydrogen (secondary N) is 2. The Morgan fingerprint density at radius 2 is 1.64 bits per heavy atom. The lowest BCUT2D eigenvalue weighted by Crippen LogP contribution is -2.28. The molecule has 1 rings (SSSR count). The molecule has 0 aliphatic carbocycles. The topological polar surface area (TPSA) is 89.5 Å². The molecule has 1 heterocycles. The van der Waals surface area contributed by atoms with Crippen molar-refractivity contribution in [3.8, 4) is 0 Å². The molecular formula is C15H23N3O4. The summed E-state index contributed by atoms with van der Waals surface area (Å²) in [6, 6.07) is 3.06. The minimum absolute atomic E-state index is 0.224. The van der Waals surface area contributed by atoms with Crippen molar-refractivity contribution in [2.45, 2.75) is 12.8 Å². The van der Waals surface area contributed by atoms with Gasteiger partial charge in [-0.1, -0.05) is 0 Å². The number of carbonyl (C=O) groups is 2. The number of carbonyl (C=O) groups excluding carboxylic acids is 2. The van der Waals surface area contributed by atoms with E-state index < -0.39 is 0 Å². The molecule has 0 unspecified atom stereocenters. The van der Waals surface area contributed by atoms with E-state index in [0.29, 0.717) is 31.9 Å². The fourth-order valence-corrected chi connectivity index (χ4v) is 1.73. The van der Waals surface area contributed by atoms with E-state index in [0.717, 1.165) is 12.8 Å². The fourth-order valence-electron chi connectivity index (χ4n) is 1.73. The van der Waals surface area contributed by atoms with Crippen molar-refractivity contribution in [2.24, 2.45) is 0 Å². The second kappa shape index (κ2) is 10.7. The average Bonchev–Trinajstić information content (AvgIpc) is 2.55. The van der Waals surface area contributed by atoms with Gasteiger partial charge in [-0.05, 0) is 25.0 Å². The molecule has 1 aromatic rings. The zero-order valence-corrected chi connectivity index (χ0v) is 13.1. The Labute approximate surface area is 130 Å². The maximum Gasteiger partial charge on any atom is 0.269 e. The highest BCUT2D eigenvalue weighted by Crippen LogP contribution is 2.02. The van der Waals surface area contributed by atoms with E-state index in [1.165, 1.54) is 12.3 Å². The minimum Gasteiger partial charge on any atom is -0.385 e. The summed E-state index contributed by atoms with van der Waals surface area (Å²) in [5, 5.41) is 5.49. The molecule has 2 N–H and O–H groups in total. The van der Waals surface area contributed by atoms with Crippen molar-refractivity contribution < 1.29 is 19.1 Å². The molecule has 0 spiro atoms. The molecular weight excluding hydrogens is 286 g/mol. The largest absolute Gasteiger partial charge is 0.385 e. The van der Waals surface area contributed by atoms with Gasteiger partial charge in [-0.2, -0.15) is 0 Å². The Kier molecular flexibility index (Phi) is 8.78. The summed E-state index contributed by atoms with van der Waals surface area (Å²) >= 11 is 0. The average molecular weight is 309 g/mol. The molecule has 0 saturated heterocycles. The summed E-state index contributed by atoms with van der Waals surface area (Å²) in [5.74, 6) is -0.530. The first-order chi connectivity index (χ1) is 10.7. The van der Waals surface area contributed by atoms with Crippen LogP contribution in [-0.2, 0) is 9.47 Å². The third-order valence-corrected chi connectivity index (χ3v) is 2.88. The van der Waals surface area contributed by atoms with Crippen LogP contribution in [0.15, 0.2) is 18.3 Å². The summed E-state index contributed by atoms with van der Waals surface area (Å²) in [6.07, 6.45) is 2.91. The number of aromatic nitrogens is 1. The number of hydrogen-bond acceptors (Lipinski definition) is 5. The van der Waals surface area contributed by atoms with Crippen LogP contribution in [0.2, 0.25) is 0 Å². The van der Waals surface area contributed by atoms with E-state index in [1.54, 1.807) is 20.3 Å². The van der Waals surface area contributed by atoms with E-state index >= 15 is 0 Å². The van der Waals surface area contributed by atoms with Gasteiger partial charge in [0.1, 0.15) is 5.69 Å². The molecule has 2 amide bonds. The molecule has 122 valence electrons. The molecule has 0 radical (unpaired) electrons. The number of hydrogen-bond donors (Lipinski definition) is 2. The highest BCUT2D eigenvalue weighted by Gasteiger charge is 2.11. The maximum absolute atomic E-state index is 12.0. The fraction of sp³-hybridized carbons (Fsp3) is 0.533.